The largest absolute Gasteiger partial charge is 0.612 e. The molecular weight excluding hydrogens is 308 g/mol. The predicted octanol–water partition coefficient (Wildman–Crippen LogP) is 4.52. The molecule has 0 radical (unpaired) electrons. The van der Waals surface area contributed by atoms with Crippen molar-refractivity contribution in [1.82, 2.24) is 0 Å². The Balaban J connectivity index is 2.06. The molecule has 0 spiro atoms. The van der Waals surface area contributed by atoms with Crippen molar-refractivity contribution in [2.24, 2.45) is 0 Å². The molecule has 0 heterocycles. The maximum absolute atomic E-state index is 11.6. The standard InChI is InChI=1S/C19H17OS2/c1-21(20)16-12-14-19(15-13-16)22(17-8-4-2-5-9-17)18-10-6-3-7-11-18/h2-15H,1H3/q+1. The Morgan fingerprint density at radius 1 is 0.545 bits per heavy atom. The lowest BCUT2D eigenvalue weighted by Gasteiger charge is -2.09. The molecule has 1 nitrogen and oxygen atoms in total. The lowest BCUT2D eigenvalue weighted by atomic mass is 10.4. The van der Waals surface area contributed by atoms with Gasteiger partial charge in [-0.15, -0.1) is 0 Å². The summed E-state index contributed by atoms with van der Waals surface area (Å²) in [6, 6.07) is 29.2. The van der Waals surface area contributed by atoms with E-state index in [1.54, 1.807) is 6.26 Å². The zero-order valence-electron chi connectivity index (χ0n) is 12.3. The molecule has 3 aromatic rings. The van der Waals surface area contributed by atoms with Crippen molar-refractivity contribution in [3.05, 3.63) is 84.9 Å². The Morgan fingerprint density at radius 3 is 1.32 bits per heavy atom. The van der Waals surface area contributed by atoms with Gasteiger partial charge < -0.3 is 4.55 Å². The van der Waals surface area contributed by atoms with Gasteiger partial charge in [0.15, 0.2) is 19.6 Å². The third-order valence-corrected chi connectivity index (χ3v) is 6.52. The van der Waals surface area contributed by atoms with Gasteiger partial charge in [0.05, 0.1) is 10.9 Å². The predicted molar refractivity (Wildman–Crippen MR) is 93.8 cm³/mol. The van der Waals surface area contributed by atoms with Crippen LogP contribution in [0, 0.1) is 0 Å². The summed E-state index contributed by atoms with van der Waals surface area (Å²) < 4.78 is 11.6. The van der Waals surface area contributed by atoms with Crippen molar-refractivity contribution in [2.75, 3.05) is 6.26 Å². The van der Waals surface area contributed by atoms with Crippen LogP contribution in [-0.4, -0.2) is 10.8 Å². The van der Waals surface area contributed by atoms with Crippen LogP contribution in [0.3, 0.4) is 0 Å². The van der Waals surface area contributed by atoms with Crippen LogP contribution in [0.15, 0.2) is 105 Å². The molecule has 0 saturated heterocycles. The molecule has 0 aliphatic carbocycles. The summed E-state index contributed by atoms with van der Waals surface area (Å²) in [5.74, 6) is 0. The van der Waals surface area contributed by atoms with E-state index in [0.29, 0.717) is 0 Å². The summed E-state index contributed by atoms with van der Waals surface area (Å²) in [6.07, 6.45) is 1.71. The molecule has 3 heteroatoms. The second-order valence-corrected chi connectivity index (χ2v) is 8.26. The summed E-state index contributed by atoms with van der Waals surface area (Å²) in [5.41, 5.74) is 0. The van der Waals surface area contributed by atoms with E-state index in [0.717, 1.165) is 4.90 Å². The molecular formula is C19H17OS2+. The molecule has 0 N–H and O–H groups in total. The SMILES string of the molecule is C[S+]([O-])c1ccc([S+](c2ccccc2)c2ccccc2)cc1. The Labute approximate surface area is 137 Å². The van der Waals surface area contributed by atoms with Gasteiger partial charge in [-0.3, -0.25) is 0 Å². The van der Waals surface area contributed by atoms with Crippen LogP contribution in [0.2, 0.25) is 0 Å². The zero-order valence-corrected chi connectivity index (χ0v) is 13.9. The molecule has 0 aliphatic heterocycles. The van der Waals surface area contributed by atoms with E-state index >= 15 is 0 Å². The molecule has 1 atom stereocenters. The van der Waals surface area contributed by atoms with Crippen molar-refractivity contribution in [3.63, 3.8) is 0 Å². The highest BCUT2D eigenvalue weighted by molar-refractivity contribution is 7.97. The third kappa shape index (κ3) is 3.38. The van der Waals surface area contributed by atoms with Crippen LogP contribution < -0.4 is 0 Å². The molecule has 3 rings (SSSR count). The Kier molecular flexibility index (Phi) is 4.88. The van der Waals surface area contributed by atoms with Crippen molar-refractivity contribution in [2.45, 2.75) is 19.6 Å². The van der Waals surface area contributed by atoms with Gasteiger partial charge in [-0.05, 0) is 59.7 Å². The molecule has 0 fully saturated rings. The zero-order chi connectivity index (χ0) is 15.4. The van der Waals surface area contributed by atoms with Gasteiger partial charge >= 0.3 is 0 Å². The highest BCUT2D eigenvalue weighted by atomic mass is 32.2. The minimum absolute atomic E-state index is 0.135. The Bertz CT molecular complexity index is 670. The van der Waals surface area contributed by atoms with Crippen LogP contribution in [0.4, 0.5) is 0 Å². The minimum atomic E-state index is -0.936. The van der Waals surface area contributed by atoms with Crippen LogP contribution in [-0.2, 0) is 22.1 Å². The molecule has 0 aliphatic rings. The molecule has 1 unspecified atom stereocenters. The lowest BCUT2D eigenvalue weighted by Crippen LogP contribution is -2.05. The first-order valence-electron chi connectivity index (χ1n) is 7.03. The van der Waals surface area contributed by atoms with E-state index in [1.165, 1.54) is 14.7 Å². The second-order valence-electron chi connectivity index (χ2n) is 4.86. The quantitative estimate of drug-likeness (QED) is 0.647. The van der Waals surface area contributed by atoms with E-state index in [9.17, 15) is 4.55 Å². The molecule has 3 aromatic carbocycles. The van der Waals surface area contributed by atoms with Gasteiger partial charge in [-0.25, -0.2) is 0 Å². The summed E-state index contributed by atoms with van der Waals surface area (Å²) in [4.78, 5) is 4.69. The van der Waals surface area contributed by atoms with Gasteiger partial charge in [0.1, 0.15) is 6.26 Å². The Hall–Kier alpha value is -1.68. The summed E-state index contributed by atoms with van der Waals surface area (Å²) in [6.45, 7) is 0. The summed E-state index contributed by atoms with van der Waals surface area (Å²) >= 11 is -0.936. The average Bonchev–Trinajstić information content (AvgIpc) is 2.57. The number of rotatable bonds is 4. The molecule has 0 amide bonds. The minimum Gasteiger partial charge on any atom is -0.612 e. The molecule has 0 aromatic heterocycles. The van der Waals surface area contributed by atoms with Gasteiger partial charge in [0.25, 0.3) is 0 Å². The normalized spacial score (nSPS) is 12.3. The first-order chi connectivity index (χ1) is 10.8. The Morgan fingerprint density at radius 2 is 0.909 bits per heavy atom. The third-order valence-electron chi connectivity index (χ3n) is 3.35. The summed E-state index contributed by atoms with van der Waals surface area (Å²) in [5, 5.41) is 0. The van der Waals surface area contributed by atoms with Crippen molar-refractivity contribution >= 4 is 22.1 Å². The monoisotopic (exact) mass is 325 g/mol. The first kappa shape index (κ1) is 15.2. The summed E-state index contributed by atoms with van der Waals surface area (Å²) in [7, 11) is -0.135. The van der Waals surface area contributed by atoms with Gasteiger partial charge in [-0.2, -0.15) is 0 Å². The van der Waals surface area contributed by atoms with Crippen LogP contribution >= 0.6 is 0 Å². The van der Waals surface area contributed by atoms with Crippen LogP contribution in [0.1, 0.15) is 0 Å². The first-order valence-corrected chi connectivity index (χ1v) is 9.82. The van der Waals surface area contributed by atoms with E-state index in [4.69, 9.17) is 0 Å². The van der Waals surface area contributed by atoms with Crippen molar-refractivity contribution < 1.29 is 4.55 Å². The van der Waals surface area contributed by atoms with Gasteiger partial charge in [-0.1, -0.05) is 36.4 Å². The van der Waals surface area contributed by atoms with E-state index < -0.39 is 11.2 Å². The fourth-order valence-electron chi connectivity index (χ4n) is 2.29. The molecule has 0 bridgehead atoms. The lowest BCUT2D eigenvalue weighted by molar-refractivity contribution is 0.601. The second kappa shape index (κ2) is 7.05. The number of hydrogen-bond donors (Lipinski definition) is 0. The van der Waals surface area contributed by atoms with Crippen LogP contribution in [0.25, 0.3) is 0 Å². The maximum Gasteiger partial charge on any atom is 0.166 e. The fraction of sp³-hybridized carbons (Fsp3) is 0.0526. The highest BCUT2D eigenvalue weighted by Gasteiger charge is 2.28. The highest BCUT2D eigenvalue weighted by Crippen LogP contribution is 2.31. The van der Waals surface area contributed by atoms with E-state index in [1.807, 2.05) is 24.3 Å². The number of hydrogen-bond acceptors (Lipinski definition) is 1. The van der Waals surface area contributed by atoms with Gasteiger partial charge in [0.2, 0.25) is 0 Å². The molecule has 110 valence electrons. The van der Waals surface area contributed by atoms with Crippen LogP contribution in [0.5, 0.6) is 0 Å². The smallest absolute Gasteiger partial charge is 0.166 e. The average molecular weight is 325 g/mol. The maximum atomic E-state index is 11.6. The van der Waals surface area contributed by atoms with Crippen molar-refractivity contribution in [1.29, 1.82) is 0 Å². The fourth-order valence-corrected chi connectivity index (χ4v) is 4.89. The van der Waals surface area contributed by atoms with Gasteiger partial charge in [0, 0.05) is 0 Å². The van der Waals surface area contributed by atoms with E-state index in [-0.39, 0.29) is 10.9 Å². The number of benzene rings is 3. The molecule has 0 saturated carbocycles. The topological polar surface area (TPSA) is 23.1 Å². The molecule has 22 heavy (non-hydrogen) atoms. The van der Waals surface area contributed by atoms with E-state index in [2.05, 4.69) is 60.7 Å². The van der Waals surface area contributed by atoms with Crippen molar-refractivity contribution in [3.8, 4) is 0 Å².